The van der Waals surface area contributed by atoms with E-state index in [0.29, 0.717) is 25.8 Å². The molecule has 61 heavy (non-hydrogen) atoms. The fourth-order valence-corrected chi connectivity index (χ4v) is 13.4. The van der Waals surface area contributed by atoms with Gasteiger partial charge >= 0.3 is 0 Å². The minimum Gasteiger partial charge on any atom is -0.398 e. The van der Waals surface area contributed by atoms with Crippen molar-refractivity contribution in [2.75, 3.05) is 6.54 Å². The minimum atomic E-state index is -2.95. The molecule has 2 aliphatic heterocycles. The van der Waals surface area contributed by atoms with E-state index in [1.165, 1.54) is 0 Å². The molecule has 0 radical (unpaired) electrons. The Morgan fingerprint density at radius 2 is 1.34 bits per heavy atom. The van der Waals surface area contributed by atoms with Crippen LogP contribution < -0.4 is 26.3 Å². The second-order valence-corrected chi connectivity index (χ2v) is 21.8. The summed E-state index contributed by atoms with van der Waals surface area (Å²) >= 11 is 0. The topological polar surface area (TPSA) is 134 Å². The Hall–Kier alpha value is -5.65. The molecule has 5 atom stereocenters. The normalized spacial score (nSPS) is 22.0. The quantitative estimate of drug-likeness (QED) is 0.112. The number of benzene rings is 4. The zero-order valence-electron chi connectivity index (χ0n) is 36.1. The van der Waals surface area contributed by atoms with Crippen molar-refractivity contribution < 1.29 is 28.4 Å². The lowest BCUT2D eigenvalue weighted by molar-refractivity contribution is -0.144. The number of amides is 4. The molecule has 0 saturated carbocycles. The van der Waals surface area contributed by atoms with Crippen LogP contribution in [0.15, 0.2) is 133 Å². The first-order valence-corrected chi connectivity index (χ1v) is 23.4. The Bertz CT molecular complexity index is 2120. The van der Waals surface area contributed by atoms with Gasteiger partial charge in [0, 0.05) is 25.8 Å². The van der Waals surface area contributed by atoms with Gasteiger partial charge in [0.05, 0.1) is 0 Å². The van der Waals surface area contributed by atoms with Gasteiger partial charge in [0.25, 0.3) is 8.32 Å². The molecule has 0 spiro atoms. The van der Waals surface area contributed by atoms with E-state index in [4.69, 9.17) is 4.43 Å². The number of allylic oxidation sites excluding steroid dienone is 2. The van der Waals surface area contributed by atoms with Crippen molar-refractivity contribution in [3.8, 4) is 0 Å². The Kier molecular flexibility index (Phi) is 14.6. The van der Waals surface area contributed by atoms with Crippen molar-refractivity contribution in [3.63, 3.8) is 0 Å². The van der Waals surface area contributed by atoms with Crippen LogP contribution in [-0.2, 0) is 41.2 Å². The van der Waals surface area contributed by atoms with Gasteiger partial charge in [-0.05, 0) is 66.1 Å². The van der Waals surface area contributed by atoms with Crippen LogP contribution in [0.5, 0.6) is 0 Å². The standard InChI is InChI=1S/C50H60N4O6Si/c1-36(60-61(49(2,3)4,39-26-15-8-16-27-39)40-28-17-9-18-29-40)44(55)32-20-10-19-30-41-45(56)53-50(5,35-38-24-13-7-14-25-38)48(59)52-42(34-37-22-11-6-12-23-37)47(58)54-33-21-31-43(54)46(57)51-41/h6-18,20,22-29,36,41-43H,19,21,30-35H2,1-5H3,(H,51,57)(H,52,59)(H,53,56)/t36-,41-,42?,43+,50+/m0/s1. The molecule has 0 aromatic heterocycles. The molecule has 3 N–H and O–H groups in total. The third-order valence-corrected chi connectivity index (χ3v) is 17.1. The van der Waals surface area contributed by atoms with Crippen LogP contribution in [0.3, 0.4) is 0 Å². The zero-order chi connectivity index (χ0) is 43.6. The van der Waals surface area contributed by atoms with E-state index < -0.39 is 55.8 Å². The van der Waals surface area contributed by atoms with E-state index in [1.807, 2.05) is 110 Å². The highest BCUT2D eigenvalue weighted by Crippen LogP contribution is 2.37. The zero-order valence-corrected chi connectivity index (χ0v) is 37.1. The lowest BCUT2D eigenvalue weighted by atomic mass is 9.90. The number of nitrogens with one attached hydrogen (secondary N) is 3. The van der Waals surface area contributed by atoms with Crippen molar-refractivity contribution >= 4 is 48.1 Å². The highest BCUT2D eigenvalue weighted by atomic mass is 28.4. The molecule has 2 heterocycles. The molecule has 10 nitrogen and oxygen atoms in total. The first-order valence-electron chi connectivity index (χ1n) is 21.5. The van der Waals surface area contributed by atoms with Crippen LogP contribution in [0.1, 0.15) is 77.8 Å². The molecule has 320 valence electrons. The van der Waals surface area contributed by atoms with Crippen LogP contribution in [0, 0.1) is 0 Å². The van der Waals surface area contributed by atoms with Crippen LogP contribution in [0.2, 0.25) is 5.04 Å². The number of carbonyl (C=O) groups is 5. The van der Waals surface area contributed by atoms with Crippen LogP contribution >= 0.6 is 0 Å². The number of rotatable bonds is 14. The number of Topliss-reactive ketones (excluding diaryl/α,β-unsaturated/α-hetero) is 1. The van der Waals surface area contributed by atoms with E-state index in [-0.39, 0.29) is 42.4 Å². The van der Waals surface area contributed by atoms with Gasteiger partial charge in [0.1, 0.15) is 29.8 Å². The van der Waals surface area contributed by atoms with Gasteiger partial charge in [-0.25, -0.2) is 0 Å². The predicted octanol–water partition coefficient (Wildman–Crippen LogP) is 5.58. The second kappa shape index (κ2) is 19.8. The molecule has 4 amide bonds. The largest absolute Gasteiger partial charge is 0.398 e. The fraction of sp³-hybridized carbons (Fsp3) is 0.380. The molecule has 11 heteroatoms. The number of ketones is 1. The van der Waals surface area contributed by atoms with E-state index >= 15 is 0 Å². The Balaban J connectivity index is 1.19. The van der Waals surface area contributed by atoms with Gasteiger partial charge < -0.3 is 25.3 Å². The van der Waals surface area contributed by atoms with Gasteiger partial charge in [-0.3, -0.25) is 24.0 Å². The van der Waals surface area contributed by atoms with Gasteiger partial charge in [-0.2, -0.15) is 0 Å². The highest BCUT2D eigenvalue weighted by Gasteiger charge is 2.51. The summed E-state index contributed by atoms with van der Waals surface area (Å²) in [6.45, 7) is 10.4. The Morgan fingerprint density at radius 3 is 1.92 bits per heavy atom. The van der Waals surface area contributed by atoms with Crippen LogP contribution in [0.4, 0.5) is 0 Å². The molecule has 2 fully saturated rings. The molecule has 4 aromatic rings. The molecule has 2 aliphatic rings. The fourth-order valence-electron chi connectivity index (χ4n) is 8.72. The van der Waals surface area contributed by atoms with Gasteiger partial charge in [-0.15, -0.1) is 0 Å². The van der Waals surface area contributed by atoms with E-state index in [9.17, 15) is 24.0 Å². The number of carbonyl (C=O) groups excluding carboxylic acids is 5. The van der Waals surface area contributed by atoms with Crippen molar-refractivity contribution in [2.24, 2.45) is 0 Å². The van der Waals surface area contributed by atoms with Crippen molar-refractivity contribution in [1.29, 1.82) is 0 Å². The van der Waals surface area contributed by atoms with E-state index in [2.05, 4.69) is 61.0 Å². The molecule has 0 bridgehead atoms. The van der Waals surface area contributed by atoms with Gasteiger partial charge in [-0.1, -0.05) is 154 Å². The summed E-state index contributed by atoms with van der Waals surface area (Å²) in [5.74, 6) is -1.81. The van der Waals surface area contributed by atoms with Crippen molar-refractivity contribution in [3.05, 3.63) is 145 Å². The van der Waals surface area contributed by atoms with Crippen molar-refractivity contribution in [1.82, 2.24) is 20.9 Å². The first kappa shape index (κ1) is 44.9. The average molecular weight is 841 g/mol. The third-order valence-electron chi connectivity index (χ3n) is 12.0. The van der Waals surface area contributed by atoms with Gasteiger partial charge in [0.2, 0.25) is 23.6 Å². The maximum absolute atomic E-state index is 14.4. The first-order chi connectivity index (χ1) is 29.2. The molecular weight excluding hydrogens is 781 g/mol. The molecule has 4 aromatic carbocycles. The van der Waals surface area contributed by atoms with Crippen molar-refractivity contribution in [2.45, 2.75) is 114 Å². The van der Waals surface area contributed by atoms with Crippen LogP contribution in [-0.4, -0.2) is 78.9 Å². The number of hydrogen-bond donors (Lipinski definition) is 3. The number of hydrogen-bond acceptors (Lipinski definition) is 6. The smallest absolute Gasteiger partial charge is 0.262 e. The molecule has 2 saturated heterocycles. The molecule has 6 rings (SSSR count). The second-order valence-electron chi connectivity index (χ2n) is 17.6. The average Bonchev–Trinajstić information content (AvgIpc) is 3.75. The predicted molar refractivity (Wildman–Crippen MR) is 242 cm³/mol. The summed E-state index contributed by atoms with van der Waals surface area (Å²) in [6.07, 6.45) is 5.09. The molecule has 0 aliphatic carbocycles. The lowest BCUT2D eigenvalue weighted by Crippen LogP contribution is -2.68. The van der Waals surface area contributed by atoms with Gasteiger partial charge in [0.15, 0.2) is 5.78 Å². The maximum Gasteiger partial charge on any atom is 0.262 e. The third kappa shape index (κ3) is 10.6. The lowest BCUT2D eigenvalue weighted by Gasteiger charge is -2.44. The van der Waals surface area contributed by atoms with Crippen LogP contribution in [0.25, 0.3) is 0 Å². The summed E-state index contributed by atoms with van der Waals surface area (Å²) < 4.78 is 7.02. The van der Waals surface area contributed by atoms with E-state index in [1.54, 1.807) is 17.9 Å². The van der Waals surface area contributed by atoms with E-state index in [0.717, 1.165) is 21.5 Å². The summed E-state index contributed by atoms with van der Waals surface area (Å²) in [7, 11) is -2.95. The summed E-state index contributed by atoms with van der Waals surface area (Å²) in [4.78, 5) is 72.2. The molecular formula is C50H60N4O6Si. The minimum absolute atomic E-state index is 0.0689. The summed E-state index contributed by atoms with van der Waals surface area (Å²) in [5.41, 5.74) is 0.210. The maximum atomic E-state index is 14.4. The SMILES string of the molecule is C[C@H](O[Si](c1ccccc1)(c1ccccc1)C(C)(C)C)C(=O)CC=CCC[C@@H]1NC(=O)[C@H]2CCCN2C(=O)C(Cc2ccccc2)NC(=O)[C@@](C)(Cc2ccccc2)NC1=O. The summed E-state index contributed by atoms with van der Waals surface area (Å²) in [5, 5.41) is 10.8. The Morgan fingerprint density at radius 1 is 0.787 bits per heavy atom. The Labute approximate surface area is 361 Å². The number of fused-ring (bicyclic) bond motifs is 1. The molecule has 1 unspecified atom stereocenters. The monoisotopic (exact) mass is 840 g/mol. The summed E-state index contributed by atoms with van der Waals surface area (Å²) in [6, 6.07) is 36.5. The number of nitrogens with zero attached hydrogens (tertiary/aromatic N) is 1. The highest BCUT2D eigenvalue weighted by molar-refractivity contribution is 6.99.